The summed E-state index contributed by atoms with van der Waals surface area (Å²) >= 11 is 6.11. The molecule has 0 aliphatic carbocycles. The first-order valence-electron chi connectivity index (χ1n) is 9.65. The van der Waals surface area contributed by atoms with Crippen LogP contribution in [0, 0.1) is 0 Å². The molecule has 0 atom stereocenters. The topological polar surface area (TPSA) is 80.9 Å². The summed E-state index contributed by atoms with van der Waals surface area (Å²) in [5.74, 6) is -1.10. The van der Waals surface area contributed by atoms with Gasteiger partial charge >= 0.3 is 0 Å². The first kappa shape index (κ1) is 22.7. The van der Waals surface area contributed by atoms with Crippen molar-refractivity contribution in [3.63, 3.8) is 0 Å². The molecule has 0 saturated carbocycles. The van der Waals surface area contributed by atoms with Gasteiger partial charge in [-0.3, -0.25) is 0 Å². The van der Waals surface area contributed by atoms with Crippen LogP contribution in [0.2, 0.25) is 5.02 Å². The second-order valence-electron chi connectivity index (χ2n) is 7.69. The van der Waals surface area contributed by atoms with Crippen molar-refractivity contribution in [2.24, 2.45) is 0 Å². The molecule has 0 spiro atoms. The molecule has 0 aliphatic heterocycles. The Balaban J connectivity index is 2.39. The quantitative estimate of drug-likeness (QED) is 0.292. The lowest BCUT2D eigenvalue weighted by Crippen LogP contribution is -1.96. The van der Waals surface area contributed by atoms with E-state index in [1.54, 1.807) is 0 Å². The van der Waals surface area contributed by atoms with E-state index < -0.39 is 5.75 Å². The smallest absolute Gasteiger partial charge is 0.149 e. The molecule has 5 heteroatoms. The van der Waals surface area contributed by atoms with Gasteiger partial charge in [0.05, 0.1) is 5.39 Å². The first-order valence-corrected chi connectivity index (χ1v) is 10.0. The second-order valence-corrected chi connectivity index (χ2v) is 8.07. The van der Waals surface area contributed by atoms with Crippen LogP contribution in [-0.2, 0) is 6.42 Å². The number of halogens is 1. The van der Waals surface area contributed by atoms with Gasteiger partial charge in [-0.25, -0.2) is 0 Å². The average molecular weight is 417 g/mol. The number of hydrogen-bond acceptors (Lipinski definition) is 4. The molecule has 156 valence electrons. The van der Waals surface area contributed by atoms with Gasteiger partial charge in [0, 0.05) is 17.0 Å². The predicted molar refractivity (Wildman–Crippen MR) is 120 cm³/mol. The van der Waals surface area contributed by atoms with Gasteiger partial charge in [-0.2, -0.15) is 0 Å². The fourth-order valence-electron chi connectivity index (χ4n) is 3.24. The van der Waals surface area contributed by atoms with Gasteiger partial charge in [0.15, 0.2) is 0 Å². The normalized spacial score (nSPS) is 11.2. The third-order valence-electron chi connectivity index (χ3n) is 4.88. The van der Waals surface area contributed by atoms with Crippen LogP contribution in [0.25, 0.3) is 10.8 Å². The van der Waals surface area contributed by atoms with E-state index in [4.69, 9.17) is 11.6 Å². The van der Waals surface area contributed by atoms with Crippen LogP contribution in [0.4, 0.5) is 0 Å². The highest BCUT2D eigenvalue weighted by Crippen LogP contribution is 2.48. The van der Waals surface area contributed by atoms with Crippen LogP contribution in [0.5, 0.6) is 23.0 Å². The summed E-state index contributed by atoms with van der Waals surface area (Å²) in [4.78, 5) is 0. The van der Waals surface area contributed by atoms with E-state index in [9.17, 15) is 20.4 Å². The Morgan fingerprint density at radius 3 is 2.24 bits per heavy atom. The van der Waals surface area contributed by atoms with Gasteiger partial charge in [0.25, 0.3) is 0 Å². The van der Waals surface area contributed by atoms with Gasteiger partial charge in [-0.05, 0) is 59.4 Å². The average Bonchev–Trinajstić information content (AvgIpc) is 2.63. The minimum Gasteiger partial charge on any atom is -0.508 e. The maximum atomic E-state index is 10.6. The zero-order chi connectivity index (χ0) is 21.7. The van der Waals surface area contributed by atoms with Gasteiger partial charge in [-0.15, -0.1) is 0 Å². The highest BCUT2D eigenvalue weighted by Gasteiger charge is 2.21. The Morgan fingerprint density at radius 1 is 0.931 bits per heavy atom. The van der Waals surface area contributed by atoms with Crippen molar-refractivity contribution in [3.05, 3.63) is 57.7 Å². The van der Waals surface area contributed by atoms with Crippen molar-refractivity contribution in [1.29, 1.82) is 0 Å². The summed E-state index contributed by atoms with van der Waals surface area (Å²) in [5, 5.41) is 41.2. The van der Waals surface area contributed by atoms with Crippen molar-refractivity contribution >= 4 is 22.4 Å². The van der Waals surface area contributed by atoms with E-state index in [0.29, 0.717) is 23.8 Å². The molecule has 0 aromatic heterocycles. The molecule has 4 nitrogen and oxygen atoms in total. The predicted octanol–water partition coefficient (Wildman–Crippen LogP) is 6.89. The molecule has 0 heterocycles. The highest BCUT2D eigenvalue weighted by molar-refractivity contribution is 6.35. The van der Waals surface area contributed by atoms with Gasteiger partial charge < -0.3 is 20.4 Å². The number of unbranched alkanes of at least 4 members (excludes halogenated alkanes) is 1. The van der Waals surface area contributed by atoms with E-state index in [-0.39, 0.29) is 27.7 Å². The third kappa shape index (κ3) is 5.48. The standard InChI is InChI=1S/C24H29ClO4/c1-14(2)9-7-5-6-8-10-16(15(3)4)11-19-18-12-17(26)13-20(27)21(18)24(29)22(25)23(19)28/h6,8-9,12-13,26-29H,5,7,10-11H2,1-4H3/b8-6+. The Kier molecular flexibility index (Phi) is 7.63. The van der Waals surface area contributed by atoms with E-state index in [0.717, 1.165) is 30.1 Å². The molecule has 2 rings (SSSR count). The van der Waals surface area contributed by atoms with Crippen molar-refractivity contribution in [2.45, 2.75) is 53.4 Å². The fraction of sp³-hybridized carbons (Fsp3) is 0.333. The number of rotatable bonds is 7. The Hall–Kier alpha value is -2.59. The summed E-state index contributed by atoms with van der Waals surface area (Å²) in [6.07, 6.45) is 9.50. The zero-order valence-corrected chi connectivity index (χ0v) is 18.1. The number of phenolic OH excluding ortho intramolecular Hbond substituents is 4. The first-order chi connectivity index (χ1) is 13.6. The van der Waals surface area contributed by atoms with Crippen molar-refractivity contribution < 1.29 is 20.4 Å². The number of benzene rings is 2. The van der Waals surface area contributed by atoms with Crippen LogP contribution in [0.1, 0.15) is 52.5 Å². The minimum atomic E-state index is -0.404. The molecule has 0 fully saturated rings. The summed E-state index contributed by atoms with van der Waals surface area (Å²) in [6, 6.07) is 2.55. The van der Waals surface area contributed by atoms with Crippen molar-refractivity contribution in [3.8, 4) is 23.0 Å². The lowest BCUT2D eigenvalue weighted by atomic mass is 9.92. The third-order valence-corrected chi connectivity index (χ3v) is 5.24. The molecule has 0 radical (unpaired) electrons. The van der Waals surface area contributed by atoms with Crippen LogP contribution in [0.3, 0.4) is 0 Å². The SMILES string of the molecule is CC(C)=CCC/C=C/CC(Cc1c(O)c(Cl)c(O)c2c(O)cc(O)cc12)=C(C)C. The molecule has 4 N–H and O–H groups in total. The largest absolute Gasteiger partial charge is 0.508 e. The Labute approximate surface area is 177 Å². The molecule has 0 bridgehead atoms. The van der Waals surface area contributed by atoms with E-state index in [2.05, 4.69) is 32.1 Å². The van der Waals surface area contributed by atoms with Crippen LogP contribution >= 0.6 is 11.6 Å². The molecular formula is C24H29ClO4. The van der Waals surface area contributed by atoms with Crippen molar-refractivity contribution in [1.82, 2.24) is 0 Å². The Morgan fingerprint density at radius 2 is 1.62 bits per heavy atom. The lowest BCUT2D eigenvalue weighted by Gasteiger charge is -2.16. The molecule has 29 heavy (non-hydrogen) atoms. The maximum Gasteiger partial charge on any atom is 0.149 e. The molecule has 0 amide bonds. The van der Waals surface area contributed by atoms with Crippen LogP contribution < -0.4 is 0 Å². The van der Waals surface area contributed by atoms with Crippen LogP contribution in [0.15, 0.2) is 47.1 Å². The molecule has 0 saturated heterocycles. The number of aromatic hydroxyl groups is 4. The number of hydrogen-bond donors (Lipinski definition) is 4. The van der Waals surface area contributed by atoms with Crippen LogP contribution in [-0.4, -0.2) is 20.4 Å². The zero-order valence-electron chi connectivity index (χ0n) is 17.4. The minimum absolute atomic E-state index is 0.117. The fourth-order valence-corrected chi connectivity index (χ4v) is 3.45. The maximum absolute atomic E-state index is 10.6. The number of allylic oxidation sites excluding steroid dienone is 6. The second kappa shape index (κ2) is 9.75. The summed E-state index contributed by atoms with van der Waals surface area (Å²) in [7, 11) is 0. The number of phenols is 4. The van der Waals surface area contributed by atoms with E-state index in [1.807, 2.05) is 13.8 Å². The highest BCUT2D eigenvalue weighted by atomic mass is 35.5. The monoisotopic (exact) mass is 416 g/mol. The van der Waals surface area contributed by atoms with Crippen molar-refractivity contribution in [2.75, 3.05) is 0 Å². The molecule has 0 unspecified atom stereocenters. The summed E-state index contributed by atoms with van der Waals surface area (Å²) in [5.41, 5.74) is 3.97. The lowest BCUT2D eigenvalue weighted by molar-refractivity contribution is 0.442. The summed E-state index contributed by atoms with van der Waals surface area (Å²) in [6.45, 7) is 8.17. The molecule has 0 aliphatic rings. The Bertz CT molecular complexity index is 992. The van der Waals surface area contributed by atoms with Gasteiger partial charge in [-0.1, -0.05) is 46.5 Å². The molecule has 2 aromatic carbocycles. The van der Waals surface area contributed by atoms with Gasteiger partial charge in [0.1, 0.15) is 28.0 Å². The van der Waals surface area contributed by atoms with Gasteiger partial charge in [0.2, 0.25) is 0 Å². The molecular weight excluding hydrogens is 388 g/mol. The molecule has 2 aromatic rings. The number of fused-ring (bicyclic) bond motifs is 1. The summed E-state index contributed by atoms with van der Waals surface area (Å²) < 4.78 is 0. The van der Waals surface area contributed by atoms with E-state index >= 15 is 0 Å². The van der Waals surface area contributed by atoms with E-state index in [1.165, 1.54) is 11.6 Å².